The van der Waals surface area contributed by atoms with Crippen molar-refractivity contribution >= 4 is 11.3 Å². The lowest BCUT2D eigenvalue weighted by atomic mass is 9.95. The van der Waals surface area contributed by atoms with E-state index in [9.17, 15) is 5.11 Å². The fraction of sp³-hybridized carbons (Fsp3) is 0.375. The van der Waals surface area contributed by atoms with Gasteiger partial charge in [0.15, 0.2) is 0 Å². The highest BCUT2D eigenvalue weighted by Gasteiger charge is 2.12. The van der Waals surface area contributed by atoms with E-state index < -0.39 is 0 Å². The van der Waals surface area contributed by atoms with Crippen LogP contribution in [0.1, 0.15) is 33.7 Å². The number of hydrogen-bond donors (Lipinski definition) is 1. The molecule has 96 valence electrons. The van der Waals surface area contributed by atoms with Gasteiger partial charge in [-0.2, -0.15) is 0 Å². The molecule has 0 radical (unpaired) electrons. The normalized spacial score (nSPS) is 12.6. The van der Waals surface area contributed by atoms with Crippen molar-refractivity contribution < 1.29 is 5.11 Å². The van der Waals surface area contributed by atoms with E-state index in [1.165, 1.54) is 20.9 Å². The molecule has 0 spiro atoms. The zero-order valence-electron chi connectivity index (χ0n) is 11.0. The van der Waals surface area contributed by atoms with Gasteiger partial charge in [-0.15, -0.1) is 11.3 Å². The molecule has 0 aliphatic heterocycles. The summed E-state index contributed by atoms with van der Waals surface area (Å²) in [5.41, 5.74) is 2.49. The van der Waals surface area contributed by atoms with Gasteiger partial charge in [-0.1, -0.05) is 36.8 Å². The lowest BCUT2D eigenvalue weighted by molar-refractivity contribution is 0.265. The van der Waals surface area contributed by atoms with Crippen LogP contribution in [-0.2, 0) is 12.8 Å². The summed E-state index contributed by atoms with van der Waals surface area (Å²) in [6.45, 7) is 4.48. The first kappa shape index (κ1) is 13.3. The van der Waals surface area contributed by atoms with E-state index in [1.807, 2.05) is 11.3 Å². The minimum Gasteiger partial charge on any atom is -0.396 e. The van der Waals surface area contributed by atoms with Crippen LogP contribution in [0, 0.1) is 6.92 Å². The van der Waals surface area contributed by atoms with Crippen LogP contribution in [-0.4, -0.2) is 11.7 Å². The van der Waals surface area contributed by atoms with Gasteiger partial charge in [0.25, 0.3) is 0 Å². The number of benzene rings is 1. The molecule has 1 nitrogen and oxygen atoms in total. The Morgan fingerprint density at radius 1 is 1.06 bits per heavy atom. The quantitative estimate of drug-likeness (QED) is 0.863. The maximum absolute atomic E-state index is 9.58. The molecular formula is C16H20OS. The highest BCUT2D eigenvalue weighted by Crippen LogP contribution is 2.25. The monoisotopic (exact) mass is 260 g/mol. The van der Waals surface area contributed by atoms with Crippen molar-refractivity contribution in [1.29, 1.82) is 0 Å². The average Bonchev–Trinajstić information content (AvgIpc) is 2.85. The highest BCUT2D eigenvalue weighted by molar-refractivity contribution is 7.11. The lowest BCUT2D eigenvalue weighted by Gasteiger charge is -2.13. The first-order valence-corrected chi connectivity index (χ1v) is 7.29. The molecule has 2 heteroatoms. The molecule has 1 heterocycles. The van der Waals surface area contributed by atoms with Gasteiger partial charge in [-0.05, 0) is 37.5 Å². The molecule has 2 aromatic rings. The van der Waals surface area contributed by atoms with E-state index in [0.717, 1.165) is 12.8 Å². The van der Waals surface area contributed by atoms with Crippen LogP contribution in [0.15, 0.2) is 36.4 Å². The first-order chi connectivity index (χ1) is 8.72. The average molecular weight is 260 g/mol. The number of aliphatic hydroxyl groups excluding tert-OH is 1. The van der Waals surface area contributed by atoms with E-state index >= 15 is 0 Å². The van der Waals surface area contributed by atoms with Gasteiger partial charge in [0.2, 0.25) is 0 Å². The van der Waals surface area contributed by atoms with Crippen molar-refractivity contribution in [2.24, 2.45) is 0 Å². The number of aryl methyl sites for hydroxylation is 2. The summed E-state index contributed by atoms with van der Waals surface area (Å²) in [5, 5.41) is 9.58. The smallest absolute Gasteiger partial charge is 0.0503 e. The highest BCUT2D eigenvalue weighted by atomic mass is 32.1. The summed E-state index contributed by atoms with van der Waals surface area (Å²) >= 11 is 1.86. The van der Waals surface area contributed by atoms with Crippen LogP contribution >= 0.6 is 11.3 Å². The zero-order chi connectivity index (χ0) is 13.0. The lowest BCUT2D eigenvalue weighted by Crippen LogP contribution is -2.06. The van der Waals surface area contributed by atoms with Crippen molar-refractivity contribution in [3.05, 3.63) is 57.3 Å². The van der Waals surface area contributed by atoms with E-state index in [2.05, 4.69) is 50.2 Å². The van der Waals surface area contributed by atoms with E-state index in [0.29, 0.717) is 0 Å². The molecule has 0 aliphatic carbocycles. The molecule has 0 bridgehead atoms. The Kier molecular flexibility index (Phi) is 4.56. The molecule has 0 saturated heterocycles. The third-order valence-corrected chi connectivity index (χ3v) is 4.53. The van der Waals surface area contributed by atoms with Crippen molar-refractivity contribution in [2.75, 3.05) is 6.61 Å². The third-order valence-electron chi connectivity index (χ3n) is 3.28. The topological polar surface area (TPSA) is 20.2 Å². The Hall–Kier alpha value is -1.12. The second-order valence-corrected chi connectivity index (χ2v) is 5.97. The Balaban J connectivity index is 2.11. The number of hydrogen-bond acceptors (Lipinski definition) is 2. The molecule has 2 rings (SSSR count). The molecule has 1 N–H and O–H groups in total. The summed E-state index contributed by atoms with van der Waals surface area (Å²) in [6, 6.07) is 12.9. The predicted molar refractivity (Wildman–Crippen MR) is 78.4 cm³/mol. The summed E-state index contributed by atoms with van der Waals surface area (Å²) in [6.07, 6.45) is 2.03. The number of aliphatic hydroxyl groups is 1. The van der Waals surface area contributed by atoms with Gasteiger partial charge in [-0.3, -0.25) is 0 Å². The minimum atomic E-state index is 0.211. The molecule has 0 aliphatic rings. The maximum atomic E-state index is 9.58. The van der Waals surface area contributed by atoms with Crippen molar-refractivity contribution in [2.45, 2.75) is 32.6 Å². The van der Waals surface area contributed by atoms with Crippen LogP contribution in [0.4, 0.5) is 0 Å². The van der Waals surface area contributed by atoms with E-state index in [4.69, 9.17) is 0 Å². The maximum Gasteiger partial charge on any atom is 0.0503 e. The van der Waals surface area contributed by atoms with Crippen molar-refractivity contribution in [3.63, 3.8) is 0 Å². The number of rotatable bonds is 5. The molecule has 1 aromatic carbocycles. The Morgan fingerprint density at radius 3 is 2.28 bits per heavy atom. The molecule has 18 heavy (non-hydrogen) atoms. The van der Waals surface area contributed by atoms with Crippen molar-refractivity contribution in [3.8, 4) is 0 Å². The first-order valence-electron chi connectivity index (χ1n) is 6.48. The Bertz CT molecular complexity index is 484. The molecule has 1 unspecified atom stereocenters. The van der Waals surface area contributed by atoms with Gasteiger partial charge < -0.3 is 5.11 Å². The molecule has 0 saturated carbocycles. The minimum absolute atomic E-state index is 0.211. The van der Waals surface area contributed by atoms with Crippen molar-refractivity contribution in [1.82, 2.24) is 0 Å². The molecule has 1 aromatic heterocycles. The molecule has 0 fully saturated rings. The number of thiophene rings is 1. The van der Waals surface area contributed by atoms with Gasteiger partial charge in [-0.25, -0.2) is 0 Å². The van der Waals surface area contributed by atoms with E-state index in [1.54, 1.807) is 0 Å². The van der Waals surface area contributed by atoms with Gasteiger partial charge in [0, 0.05) is 15.7 Å². The van der Waals surface area contributed by atoms with Crippen LogP contribution in [0.3, 0.4) is 0 Å². The second kappa shape index (κ2) is 6.17. The fourth-order valence-electron chi connectivity index (χ4n) is 2.09. The largest absolute Gasteiger partial charge is 0.396 e. The Labute approximate surface area is 113 Å². The van der Waals surface area contributed by atoms with Crippen LogP contribution < -0.4 is 0 Å². The summed E-state index contributed by atoms with van der Waals surface area (Å²) in [7, 11) is 0. The molecular weight excluding hydrogens is 240 g/mol. The summed E-state index contributed by atoms with van der Waals surface area (Å²) in [4.78, 5) is 2.79. The molecule has 1 atom stereocenters. The third kappa shape index (κ3) is 3.21. The van der Waals surface area contributed by atoms with Crippen LogP contribution in [0.25, 0.3) is 0 Å². The van der Waals surface area contributed by atoms with Crippen LogP contribution in [0.5, 0.6) is 0 Å². The second-order valence-electron chi connectivity index (χ2n) is 4.72. The fourth-order valence-corrected chi connectivity index (χ4v) is 3.13. The van der Waals surface area contributed by atoms with Gasteiger partial charge in [0.1, 0.15) is 0 Å². The SMILES string of the molecule is CCc1ccc(CC(CO)c2ccc(C)cc2)s1. The molecule has 0 amide bonds. The van der Waals surface area contributed by atoms with Gasteiger partial charge >= 0.3 is 0 Å². The zero-order valence-corrected chi connectivity index (χ0v) is 11.8. The predicted octanol–water partition coefficient (Wildman–Crippen LogP) is 3.94. The summed E-state index contributed by atoms with van der Waals surface area (Å²) in [5.74, 6) is 0.217. The standard InChI is InChI=1S/C16H20OS/c1-3-15-8-9-16(18-15)10-14(11-17)13-6-4-12(2)5-7-13/h4-9,14,17H,3,10-11H2,1-2H3. The summed E-state index contributed by atoms with van der Waals surface area (Å²) < 4.78 is 0. The van der Waals surface area contributed by atoms with Gasteiger partial charge in [0.05, 0.1) is 6.61 Å². The van der Waals surface area contributed by atoms with Crippen LogP contribution in [0.2, 0.25) is 0 Å². The Morgan fingerprint density at radius 2 is 1.72 bits per heavy atom. The van der Waals surface area contributed by atoms with E-state index in [-0.39, 0.29) is 12.5 Å².